The summed E-state index contributed by atoms with van der Waals surface area (Å²) >= 11 is 0. The first-order chi connectivity index (χ1) is 17.8. The second kappa shape index (κ2) is 11.6. The van der Waals surface area contributed by atoms with E-state index in [1.165, 1.54) is 0 Å². The van der Waals surface area contributed by atoms with E-state index in [-0.39, 0.29) is 5.92 Å². The number of morpholine rings is 1. The fourth-order valence-electron chi connectivity index (χ4n) is 4.73. The number of carbonyl (C=O) groups excluding carboxylic acids is 3. The van der Waals surface area contributed by atoms with Gasteiger partial charge in [-0.25, -0.2) is 0 Å². The first-order valence-corrected chi connectivity index (χ1v) is 12.9. The van der Waals surface area contributed by atoms with Crippen LogP contribution in [0.15, 0.2) is 36.4 Å². The maximum Gasteiger partial charge on any atom is 0.262 e. The van der Waals surface area contributed by atoms with Crippen LogP contribution in [0.1, 0.15) is 54.8 Å². The summed E-state index contributed by atoms with van der Waals surface area (Å²) in [5, 5.41) is 2.94. The topological polar surface area (TPSA) is 97.4 Å². The number of ether oxygens (including phenoxy) is 3. The van der Waals surface area contributed by atoms with Gasteiger partial charge in [0.05, 0.1) is 48.9 Å². The predicted molar refractivity (Wildman–Crippen MR) is 141 cm³/mol. The maximum absolute atomic E-state index is 13.7. The molecule has 2 aliphatic rings. The second-order valence-corrected chi connectivity index (χ2v) is 9.44. The maximum atomic E-state index is 13.7. The molecule has 0 saturated carbocycles. The molecule has 9 nitrogen and oxygen atoms in total. The zero-order chi connectivity index (χ0) is 26.5. The smallest absolute Gasteiger partial charge is 0.262 e. The Balaban J connectivity index is 1.67. The van der Waals surface area contributed by atoms with Crippen molar-refractivity contribution in [3.05, 3.63) is 47.5 Å². The Bertz CT molecular complexity index is 1120. The lowest BCUT2D eigenvalue weighted by Gasteiger charge is -2.31. The Labute approximate surface area is 217 Å². The summed E-state index contributed by atoms with van der Waals surface area (Å²) in [4.78, 5) is 43.3. The monoisotopic (exact) mass is 509 g/mol. The van der Waals surface area contributed by atoms with Gasteiger partial charge in [-0.1, -0.05) is 26.0 Å². The quantitative estimate of drug-likeness (QED) is 0.484. The summed E-state index contributed by atoms with van der Waals surface area (Å²) in [7, 11) is 0. The standard InChI is InChI=1S/C28H35N3O6/c1-5-36-24-17-22(30-11-13-35-14-12-30)25(37-6-2)16-21(24)29-26(32)23(15-18(3)4)31-27(33)19-9-7-8-10-20(19)28(31)34/h7-10,16-18,23H,5-6,11-15H2,1-4H3,(H,29,32)/t23-/m1/s1. The van der Waals surface area contributed by atoms with Gasteiger partial charge in [-0.15, -0.1) is 0 Å². The minimum Gasteiger partial charge on any atom is -0.492 e. The van der Waals surface area contributed by atoms with Gasteiger partial charge in [0.2, 0.25) is 5.91 Å². The molecule has 1 N–H and O–H groups in total. The van der Waals surface area contributed by atoms with E-state index in [9.17, 15) is 14.4 Å². The van der Waals surface area contributed by atoms with Crippen molar-refractivity contribution in [1.82, 2.24) is 4.90 Å². The van der Waals surface area contributed by atoms with Crippen molar-refractivity contribution in [2.75, 3.05) is 49.7 Å². The van der Waals surface area contributed by atoms with Crippen LogP contribution in [0.25, 0.3) is 0 Å². The normalized spacial score (nSPS) is 16.1. The molecule has 0 bridgehead atoms. The summed E-state index contributed by atoms with van der Waals surface area (Å²) in [6.07, 6.45) is 0.325. The molecule has 9 heteroatoms. The predicted octanol–water partition coefficient (Wildman–Crippen LogP) is 3.97. The van der Waals surface area contributed by atoms with Gasteiger partial charge >= 0.3 is 0 Å². The zero-order valence-corrected chi connectivity index (χ0v) is 21.9. The van der Waals surface area contributed by atoms with Crippen molar-refractivity contribution in [2.24, 2.45) is 5.92 Å². The van der Waals surface area contributed by atoms with Crippen LogP contribution in [-0.2, 0) is 9.53 Å². The van der Waals surface area contributed by atoms with Crippen LogP contribution >= 0.6 is 0 Å². The number of imide groups is 1. The van der Waals surface area contributed by atoms with E-state index < -0.39 is 23.8 Å². The number of nitrogens with one attached hydrogen (secondary N) is 1. The van der Waals surface area contributed by atoms with E-state index in [1.54, 1.807) is 30.3 Å². The molecule has 1 fully saturated rings. The summed E-state index contributed by atoms with van der Waals surface area (Å²) in [5.74, 6) is -0.191. The molecule has 1 atom stereocenters. The van der Waals surface area contributed by atoms with Crippen LogP contribution in [-0.4, -0.2) is 68.2 Å². The molecule has 198 valence electrons. The van der Waals surface area contributed by atoms with Gasteiger partial charge in [-0.05, 0) is 38.3 Å². The highest BCUT2D eigenvalue weighted by Gasteiger charge is 2.43. The fraction of sp³-hybridized carbons (Fsp3) is 0.464. The van der Waals surface area contributed by atoms with Crippen LogP contribution in [0, 0.1) is 5.92 Å². The molecule has 2 aromatic carbocycles. The molecule has 2 heterocycles. The third kappa shape index (κ3) is 5.56. The highest BCUT2D eigenvalue weighted by molar-refractivity contribution is 6.23. The van der Waals surface area contributed by atoms with Gasteiger partial charge in [0, 0.05) is 25.2 Å². The van der Waals surface area contributed by atoms with Gasteiger partial charge in [0.25, 0.3) is 11.8 Å². The van der Waals surface area contributed by atoms with Gasteiger partial charge in [0.15, 0.2) is 0 Å². The molecule has 2 aromatic rings. The fourth-order valence-corrected chi connectivity index (χ4v) is 4.73. The molecule has 1 saturated heterocycles. The number of fused-ring (bicyclic) bond motifs is 1. The van der Waals surface area contributed by atoms with E-state index >= 15 is 0 Å². The molecule has 37 heavy (non-hydrogen) atoms. The van der Waals surface area contributed by atoms with Crippen molar-refractivity contribution in [2.45, 2.75) is 40.2 Å². The van der Waals surface area contributed by atoms with Gasteiger partial charge in [-0.3, -0.25) is 19.3 Å². The average molecular weight is 510 g/mol. The Kier molecular flexibility index (Phi) is 8.33. The van der Waals surface area contributed by atoms with Crippen LogP contribution in [0.3, 0.4) is 0 Å². The highest BCUT2D eigenvalue weighted by Crippen LogP contribution is 2.40. The molecule has 0 aromatic heterocycles. The number of carbonyl (C=O) groups is 3. The first kappa shape index (κ1) is 26.5. The Morgan fingerprint density at radius 2 is 1.57 bits per heavy atom. The minimum atomic E-state index is -0.976. The number of benzene rings is 2. The highest BCUT2D eigenvalue weighted by atomic mass is 16.5. The first-order valence-electron chi connectivity index (χ1n) is 12.9. The van der Waals surface area contributed by atoms with E-state index in [1.807, 2.05) is 33.8 Å². The minimum absolute atomic E-state index is 0.0640. The summed E-state index contributed by atoms with van der Waals surface area (Å²) < 4.78 is 17.3. The van der Waals surface area contributed by atoms with Crippen LogP contribution < -0.4 is 19.7 Å². The lowest BCUT2D eigenvalue weighted by atomic mass is 10.0. The van der Waals surface area contributed by atoms with Crippen molar-refractivity contribution in [3.63, 3.8) is 0 Å². The average Bonchev–Trinajstić information content (AvgIpc) is 3.14. The Morgan fingerprint density at radius 3 is 2.14 bits per heavy atom. The number of hydrogen-bond donors (Lipinski definition) is 1. The van der Waals surface area contributed by atoms with E-state index in [0.29, 0.717) is 74.3 Å². The summed E-state index contributed by atoms with van der Waals surface area (Å²) in [6.45, 7) is 11.2. The van der Waals surface area contributed by atoms with Gasteiger partial charge in [0.1, 0.15) is 17.5 Å². The largest absolute Gasteiger partial charge is 0.492 e. The SMILES string of the molecule is CCOc1cc(N2CCOCC2)c(OCC)cc1NC(=O)[C@@H](CC(C)C)N1C(=O)c2ccccc2C1=O. The lowest BCUT2D eigenvalue weighted by molar-refractivity contribution is -0.120. The van der Waals surface area contributed by atoms with E-state index in [0.717, 1.165) is 10.6 Å². The molecule has 0 aliphatic carbocycles. The van der Waals surface area contributed by atoms with Crippen LogP contribution in [0.4, 0.5) is 11.4 Å². The van der Waals surface area contributed by atoms with E-state index in [2.05, 4.69) is 10.2 Å². The van der Waals surface area contributed by atoms with Gasteiger partial charge < -0.3 is 24.4 Å². The molecule has 3 amide bonds. The number of nitrogens with zero attached hydrogens (tertiary/aromatic N) is 2. The molecular weight excluding hydrogens is 474 g/mol. The molecule has 0 radical (unpaired) electrons. The number of anilines is 2. The van der Waals surface area contributed by atoms with E-state index in [4.69, 9.17) is 14.2 Å². The summed E-state index contributed by atoms with van der Waals surface area (Å²) in [6, 6.07) is 9.31. The Morgan fingerprint density at radius 1 is 0.973 bits per heavy atom. The third-order valence-corrected chi connectivity index (χ3v) is 6.40. The number of rotatable bonds is 10. The Hall–Kier alpha value is -3.59. The number of hydrogen-bond acceptors (Lipinski definition) is 7. The van der Waals surface area contributed by atoms with Crippen molar-refractivity contribution in [3.8, 4) is 11.5 Å². The lowest BCUT2D eigenvalue weighted by Crippen LogP contribution is -2.48. The van der Waals surface area contributed by atoms with Crippen molar-refractivity contribution in [1.29, 1.82) is 0 Å². The van der Waals surface area contributed by atoms with Gasteiger partial charge in [-0.2, -0.15) is 0 Å². The molecule has 0 unspecified atom stereocenters. The van der Waals surface area contributed by atoms with Crippen molar-refractivity contribution < 1.29 is 28.6 Å². The summed E-state index contributed by atoms with van der Waals surface area (Å²) in [5.41, 5.74) is 1.93. The molecule has 4 rings (SSSR count). The third-order valence-electron chi connectivity index (χ3n) is 6.40. The molecular formula is C28H35N3O6. The van der Waals surface area contributed by atoms with Crippen molar-refractivity contribution >= 4 is 29.1 Å². The number of amides is 3. The second-order valence-electron chi connectivity index (χ2n) is 9.44. The van der Waals surface area contributed by atoms with Crippen LogP contribution in [0.5, 0.6) is 11.5 Å². The zero-order valence-electron chi connectivity index (χ0n) is 21.9. The molecule has 0 spiro atoms. The molecule has 2 aliphatic heterocycles. The van der Waals surface area contributed by atoms with Crippen LogP contribution in [0.2, 0.25) is 0 Å².